The van der Waals surface area contributed by atoms with E-state index in [1.54, 1.807) is 24.3 Å². The van der Waals surface area contributed by atoms with Crippen molar-refractivity contribution in [1.29, 1.82) is 0 Å². The lowest BCUT2D eigenvalue weighted by molar-refractivity contribution is -0.116. The summed E-state index contributed by atoms with van der Waals surface area (Å²) in [4.78, 5) is 12.4. The fraction of sp³-hybridized carbons (Fsp3) is 0.346. The van der Waals surface area contributed by atoms with Gasteiger partial charge >= 0.3 is 0 Å². The third kappa shape index (κ3) is 5.51. The maximum Gasteiger partial charge on any atom is 0.246 e. The summed E-state index contributed by atoms with van der Waals surface area (Å²) in [7, 11) is -2.19. The van der Waals surface area contributed by atoms with Crippen molar-refractivity contribution in [3.05, 3.63) is 66.4 Å². The predicted octanol–water partition coefficient (Wildman–Crippen LogP) is 4.04. The van der Waals surface area contributed by atoms with Gasteiger partial charge in [-0.3, -0.25) is 4.79 Å². The molecule has 1 N–H and O–H groups in total. The van der Waals surface area contributed by atoms with Gasteiger partial charge in [0.15, 0.2) is 0 Å². The molecule has 0 saturated carbocycles. The zero-order valence-corrected chi connectivity index (χ0v) is 20.3. The molecule has 1 aliphatic rings. The summed E-state index contributed by atoms with van der Waals surface area (Å²) >= 11 is 0. The number of ether oxygens (including phenoxy) is 1. The molecule has 34 heavy (non-hydrogen) atoms. The number of sulfonamides is 1. The fourth-order valence-electron chi connectivity index (χ4n) is 4.27. The van der Waals surface area contributed by atoms with E-state index in [0.29, 0.717) is 30.9 Å². The van der Waals surface area contributed by atoms with Crippen LogP contribution in [0.15, 0.2) is 65.7 Å². The van der Waals surface area contributed by atoms with Gasteiger partial charge in [0.05, 0.1) is 7.11 Å². The zero-order valence-electron chi connectivity index (χ0n) is 19.4. The number of nitrogens with zero attached hydrogens (tertiary/aromatic N) is 2. The second kappa shape index (κ2) is 10.9. The Morgan fingerprint density at radius 1 is 1.09 bits per heavy atom. The first-order chi connectivity index (χ1) is 16.5. The molecule has 1 fully saturated rings. The number of para-hydroxylation sites is 1. The Hall–Kier alpha value is -3.10. The Balaban J connectivity index is 1.35. The van der Waals surface area contributed by atoms with Crippen LogP contribution in [0.4, 0.5) is 0 Å². The third-order valence-electron chi connectivity index (χ3n) is 6.10. The molecule has 0 unspecified atom stereocenters. The first-order valence-electron chi connectivity index (χ1n) is 11.7. The van der Waals surface area contributed by atoms with Crippen LogP contribution in [0, 0.1) is 0 Å². The highest BCUT2D eigenvalue weighted by molar-refractivity contribution is 7.89. The monoisotopic (exact) mass is 481 g/mol. The van der Waals surface area contributed by atoms with E-state index in [1.165, 1.54) is 28.4 Å². The number of benzene rings is 2. The van der Waals surface area contributed by atoms with Crippen molar-refractivity contribution in [2.24, 2.45) is 0 Å². The highest BCUT2D eigenvalue weighted by Gasteiger charge is 2.29. The van der Waals surface area contributed by atoms with Crippen LogP contribution in [0.3, 0.4) is 0 Å². The van der Waals surface area contributed by atoms with Crippen LogP contribution in [-0.2, 0) is 21.4 Å². The van der Waals surface area contributed by atoms with Gasteiger partial charge in [-0.25, -0.2) is 8.42 Å². The standard InChI is InChI=1S/C26H31N3O4S/c1-33-24-12-10-21(20-25(24)34(31,32)29-17-5-2-6-18-29)11-13-26(30)27-15-7-16-28-19-14-22-8-3-4-9-23(22)28/h3-4,8-14,19-20H,2,5-7,15-18H2,1H3,(H,27,30)/b13-11+. The van der Waals surface area contributed by atoms with E-state index in [4.69, 9.17) is 4.74 Å². The molecule has 7 nitrogen and oxygen atoms in total. The van der Waals surface area contributed by atoms with Crippen LogP contribution < -0.4 is 10.1 Å². The lowest BCUT2D eigenvalue weighted by Gasteiger charge is -2.26. The topological polar surface area (TPSA) is 80.6 Å². The molecule has 0 aliphatic carbocycles. The number of hydrogen-bond acceptors (Lipinski definition) is 4. The van der Waals surface area contributed by atoms with E-state index in [0.717, 1.165) is 32.2 Å². The van der Waals surface area contributed by atoms with Crippen LogP contribution in [-0.4, -0.2) is 49.9 Å². The van der Waals surface area contributed by atoms with Crippen molar-refractivity contribution in [3.8, 4) is 5.75 Å². The van der Waals surface area contributed by atoms with Gasteiger partial charge < -0.3 is 14.6 Å². The molecule has 1 aliphatic heterocycles. The Morgan fingerprint density at radius 2 is 1.88 bits per heavy atom. The van der Waals surface area contributed by atoms with Gasteiger partial charge in [-0.05, 0) is 60.6 Å². The summed E-state index contributed by atoms with van der Waals surface area (Å²) in [6, 6.07) is 15.3. The lowest BCUT2D eigenvalue weighted by Crippen LogP contribution is -2.35. The summed E-state index contributed by atoms with van der Waals surface area (Å²) in [5.74, 6) is 0.0957. The average molecular weight is 482 g/mol. The number of carbonyl (C=O) groups excluding carboxylic acids is 1. The third-order valence-corrected chi connectivity index (χ3v) is 8.02. The number of aryl methyl sites for hydroxylation is 1. The van der Waals surface area contributed by atoms with E-state index < -0.39 is 10.0 Å². The predicted molar refractivity (Wildman–Crippen MR) is 134 cm³/mol. The van der Waals surface area contributed by atoms with Crippen molar-refractivity contribution in [2.45, 2.75) is 37.1 Å². The SMILES string of the molecule is COc1ccc(/C=C/C(=O)NCCCn2ccc3ccccc32)cc1S(=O)(=O)N1CCCCC1. The first-order valence-corrected chi connectivity index (χ1v) is 13.1. The Bertz CT molecular complexity index is 1270. The summed E-state index contributed by atoms with van der Waals surface area (Å²) in [5.41, 5.74) is 1.81. The number of amides is 1. The summed E-state index contributed by atoms with van der Waals surface area (Å²) in [6.07, 6.45) is 8.70. The van der Waals surface area contributed by atoms with Crippen molar-refractivity contribution in [3.63, 3.8) is 0 Å². The number of aromatic nitrogens is 1. The summed E-state index contributed by atoms with van der Waals surface area (Å²) in [6.45, 7) is 2.40. The second-order valence-electron chi connectivity index (χ2n) is 8.42. The molecule has 2 heterocycles. The number of hydrogen-bond donors (Lipinski definition) is 1. The molecule has 0 bridgehead atoms. The number of nitrogens with one attached hydrogen (secondary N) is 1. The maximum atomic E-state index is 13.2. The van der Waals surface area contributed by atoms with Crippen LogP contribution in [0.25, 0.3) is 17.0 Å². The number of fused-ring (bicyclic) bond motifs is 1. The van der Waals surface area contributed by atoms with Crippen LogP contribution >= 0.6 is 0 Å². The molecule has 8 heteroatoms. The van der Waals surface area contributed by atoms with Crippen molar-refractivity contribution in [2.75, 3.05) is 26.7 Å². The van der Waals surface area contributed by atoms with E-state index in [2.05, 4.69) is 34.3 Å². The number of piperidine rings is 1. The minimum absolute atomic E-state index is 0.137. The molecule has 1 aromatic heterocycles. The largest absolute Gasteiger partial charge is 0.495 e. The zero-order chi connectivity index (χ0) is 24.0. The molecule has 4 rings (SSSR count). The van der Waals surface area contributed by atoms with Gasteiger partial charge in [-0.15, -0.1) is 0 Å². The molecular weight excluding hydrogens is 450 g/mol. The second-order valence-corrected chi connectivity index (χ2v) is 10.3. The van der Waals surface area contributed by atoms with Crippen LogP contribution in [0.2, 0.25) is 0 Å². The van der Waals surface area contributed by atoms with Crippen LogP contribution in [0.5, 0.6) is 5.75 Å². The minimum atomic E-state index is -3.65. The first kappa shape index (κ1) is 24.0. The number of rotatable bonds is 9. The highest BCUT2D eigenvalue weighted by Crippen LogP contribution is 2.30. The fourth-order valence-corrected chi connectivity index (χ4v) is 5.98. The molecule has 1 saturated heterocycles. The molecule has 3 aromatic rings. The Labute approximate surface area is 201 Å². The lowest BCUT2D eigenvalue weighted by atomic mass is 10.2. The molecule has 180 valence electrons. The van der Waals surface area contributed by atoms with E-state index >= 15 is 0 Å². The van der Waals surface area contributed by atoms with Gasteiger partial charge in [-0.1, -0.05) is 30.7 Å². The quantitative estimate of drug-likeness (QED) is 0.369. The summed E-state index contributed by atoms with van der Waals surface area (Å²) in [5, 5.41) is 4.10. The van der Waals surface area contributed by atoms with Gasteiger partial charge in [0.2, 0.25) is 15.9 Å². The summed E-state index contributed by atoms with van der Waals surface area (Å²) < 4.78 is 35.3. The molecule has 0 radical (unpaired) electrons. The number of methoxy groups -OCH3 is 1. The molecular formula is C26H31N3O4S. The Morgan fingerprint density at radius 3 is 2.68 bits per heavy atom. The Kier molecular flexibility index (Phi) is 7.70. The van der Waals surface area contributed by atoms with Crippen LogP contribution in [0.1, 0.15) is 31.2 Å². The van der Waals surface area contributed by atoms with Crippen molar-refractivity contribution >= 4 is 32.9 Å². The van der Waals surface area contributed by atoms with E-state index in [9.17, 15) is 13.2 Å². The number of carbonyl (C=O) groups is 1. The van der Waals surface area contributed by atoms with Crippen molar-refractivity contribution < 1.29 is 17.9 Å². The molecule has 2 aromatic carbocycles. The van der Waals surface area contributed by atoms with Gasteiger partial charge in [0.25, 0.3) is 0 Å². The maximum absolute atomic E-state index is 13.2. The molecule has 0 atom stereocenters. The smallest absolute Gasteiger partial charge is 0.246 e. The highest BCUT2D eigenvalue weighted by atomic mass is 32.2. The van der Waals surface area contributed by atoms with Gasteiger partial charge in [0.1, 0.15) is 10.6 Å². The van der Waals surface area contributed by atoms with E-state index in [1.807, 2.05) is 12.1 Å². The average Bonchev–Trinajstić information content (AvgIpc) is 3.29. The van der Waals surface area contributed by atoms with Crippen molar-refractivity contribution in [1.82, 2.24) is 14.2 Å². The minimum Gasteiger partial charge on any atom is -0.495 e. The van der Waals surface area contributed by atoms with E-state index in [-0.39, 0.29) is 10.8 Å². The van der Waals surface area contributed by atoms with Gasteiger partial charge in [0, 0.05) is 44.0 Å². The molecule has 0 spiro atoms. The molecule has 1 amide bonds. The normalized spacial score (nSPS) is 15.1. The van der Waals surface area contributed by atoms with Gasteiger partial charge in [-0.2, -0.15) is 4.31 Å².